The zero-order valence-corrected chi connectivity index (χ0v) is 13.7. The molecule has 5 nitrogen and oxygen atoms in total. The first-order valence-corrected chi connectivity index (χ1v) is 9.43. The number of sulfone groups is 1. The van der Waals surface area contributed by atoms with E-state index in [0.29, 0.717) is 11.4 Å². The second-order valence-electron chi connectivity index (χ2n) is 4.61. The first-order chi connectivity index (χ1) is 10.5. The first-order valence-electron chi connectivity index (χ1n) is 6.55. The van der Waals surface area contributed by atoms with Crippen molar-refractivity contribution in [2.45, 2.75) is 16.3 Å². The van der Waals surface area contributed by atoms with E-state index >= 15 is 0 Å². The van der Waals surface area contributed by atoms with Crippen molar-refractivity contribution in [1.29, 1.82) is 0 Å². The maximum Gasteiger partial charge on any atom is 0.230 e. The highest BCUT2D eigenvalue weighted by atomic mass is 32.2. The summed E-state index contributed by atoms with van der Waals surface area (Å²) in [6, 6.07) is 12.2. The van der Waals surface area contributed by atoms with Gasteiger partial charge in [-0.3, -0.25) is 9.78 Å². The highest BCUT2D eigenvalue weighted by Crippen LogP contribution is 2.26. The third kappa shape index (κ3) is 4.85. The Morgan fingerprint density at radius 2 is 1.91 bits per heavy atom. The third-order valence-corrected chi connectivity index (χ3v) is 5.16. The smallest absolute Gasteiger partial charge is 0.230 e. The van der Waals surface area contributed by atoms with Gasteiger partial charge in [-0.15, -0.1) is 11.8 Å². The molecule has 1 amide bonds. The molecule has 7 heteroatoms. The number of benzene rings is 1. The number of thioether (sulfide) groups is 1. The summed E-state index contributed by atoms with van der Waals surface area (Å²) < 4.78 is 23.4. The molecule has 0 unspecified atom stereocenters. The van der Waals surface area contributed by atoms with Gasteiger partial charge in [0.05, 0.1) is 22.9 Å². The second kappa shape index (κ2) is 7.42. The number of carbonyl (C=O) groups excluding carboxylic acids is 1. The molecular formula is C15H16N2O3S2. The first kappa shape index (κ1) is 16.5. The van der Waals surface area contributed by atoms with E-state index in [1.165, 1.54) is 11.8 Å². The molecule has 0 saturated carbocycles. The van der Waals surface area contributed by atoms with E-state index in [1.54, 1.807) is 30.5 Å². The van der Waals surface area contributed by atoms with Crippen LogP contribution in [0, 0.1) is 0 Å². The lowest BCUT2D eigenvalue weighted by atomic mass is 10.3. The summed E-state index contributed by atoms with van der Waals surface area (Å²) in [5.41, 5.74) is 0.775. The van der Waals surface area contributed by atoms with E-state index in [4.69, 9.17) is 0 Å². The van der Waals surface area contributed by atoms with E-state index in [2.05, 4.69) is 10.3 Å². The molecule has 0 radical (unpaired) electrons. The summed E-state index contributed by atoms with van der Waals surface area (Å²) in [4.78, 5) is 16.8. The maximum absolute atomic E-state index is 11.8. The summed E-state index contributed by atoms with van der Waals surface area (Å²) >= 11 is 1.21. The van der Waals surface area contributed by atoms with Crippen LogP contribution in [0.25, 0.3) is 0 Å². The summed E-state index contributed by atoms with van der Waals surface area (Å²) in [6.07, 6.45) is 2.83. The Morgan fingerprint density at radius 1 is 1.18 bits per heavy atom. The SMILES string of the molecule is CS(=O)(=O)c1ccccc1SCC(=O)NCc1ccccn1. The van der Waals surface area contributed by atoms with Crippen molar-refractivity contribution in [3.63, 3.8) is 0 Å². The van der Waals surface area contributed by atoms with Crippen LogP contribution < -0.4 is 5.32 Å². The fourth-order valence-corrected chi connectivity index (χ4v) is 3.93. The molecule has 0 fully saturated rings. The number of nitrogens with zero attached hydrogens (tertiary/aromatic N) is 1. The van der Waals surface area contributed by atoms with Crippen molar-refractivity contribution < 1.29 is 13.2 Å². The van der Waals surface area contributed by atoms with Gasteiger partial charge in [0.2, 0.25) is 5.91 Å². The number of rotatable bonds is 6. The molecule has 1 aromatic carbocycles. The average Bonchev–Trinajstić information content (AvgIpc) is 2.51. The summed E-state index contributed by atoms with van der Waals surface area (Å²) in [5.74, 6) is -0.0155. The number of pyridine rings is 1. The topological polar surface area (TPSA) is 76.1 Å². The van der Waals surface area contributed by atoms with Crippen molar-refractivity contribution in [1.82, 2.24) is 10.3 Å². The van der Waals surface area contributed by atoms with Gasteiger partial charge >= 0.3 is 0 Å². The molecule has 1 heterocycles. The van der Waals surface area contributed by atoms with Gasteiger partial charge in [-0.2, -0.15) is 0 Å². The van der Waals surface area contributed by atoms with E-state index in [-0.39, 0.29) is 16.6 Å². The van der Waals surface area contributed by atoms with Crippen molar-refractivity contribution in [3.8, 4) is 0 Å². The number of carbonyl (C=O) groups is 1. The summed E-state index contributed by atoms with van der Waals surface area (Å²) in [5, 5.41) is 2.76. The molecule has 1 aromatic heterocycles. The van der Waals surface area contributed by atoms with Crippen molar-refractivity contribution in [2.24, 2.45) is 0 Å². The average molecular weight is 336 g/mol. The second-order valence-corrected chi connectivity index (χ2v) is 7.61. The molecule has 1 N–H and O–H groups in total. The number of hydrogen-bond acceptors (Lipinski definition) is 5. The Bertz CT molecular complexity index is 746. The van der Waals surface area contributed by atoms with Crippen LogP contribution in [0.3, 0.4) is 0 Å². The van der Waals surface area contributed by atoms with Gasteiger partial charge in [0.25, 0.3) is 0 Å². The van der Waals surface area contributed by atoms with E-state index < -0.39 is 9.84 Å². The van der Waals surface area contributed by atoms with Gasteiger partial charge in [0.15, 0.2) is 9.84 Å². The Labute approximate surface area is 134 Å². The van der Waals surface area contributed by atoms with Crippen LogP contribution in [-0.2, 0) is 21.2 Å². The predicted octanol–water partition coefficient (Wildman–Crippen LogP) is 1.89. The Morgan fingerprint density at radius 3 is 2.59 bits per heavy atom. The fourth-order valence-electron chi connectivity index (χ4n) is 1.76. The summed E-state index contributed by atoms with van der Waals surface area (Å²) in [7, 11) is -3.30. The Balaban J connectivity index is 1.92. The van der Waals surface area contributed by atoms with Crippen LogP contribution in [0.15, 0.2) is 58.5 Å². The van der Waals surface area contributed by atoms with E-state index in [9.17, 15) is 13.2 Å². The molecular weight excluding hydrogens is 320 g/mol. The molecule has 22 heavy (non-hydrogen) atoms. The number of aromatic nitrogens is 1. The third-order valence-electron chi connectivity index (χ3n) is 2.80. The van der Waals surface area contributed by atoms with Crippen LogP contribution in [-0.4, -0.2) is 31.3 Å². The quantitative estimate of drug-likeness (QED) is 0.815. The van der Waals surface area contributed by atoms with Crippen LogP contribution in [0.2, 0.25) is 0 Å². The molecule has 0 aliphatic carbocycles. The van der Waals surface area contributed by atoms with Crippen molar-refractivity contribution in [3.05, 3.63) is 54.4 Å². The molecule has 0 spiro atoms. The normalized spacial score (nSPS) is 11.1. The molecule has 2 aromatic rings. The zero-order valence-electron chi connectivity index (χ0n) is 12.0. The van der Waals surface area contributed by atoms with Crippen LogP contribution in [0.5, 0.6) is 0 Å². The number of nitrogens with one attached hydrogen (secondary N) is 1. The Kier molecular flexibility index (Phi) is 5.57. The van der Waals surface area contributed by atoms with Crippen molar-refractivity contribution in [2.75, 3.05) is 12.0 Å². The molecule has 116 valence electrons. The standard InChI is InChI=1S/C15H16N2O3S2/c1-22(19,20)14-8-3-2-7-13(14)21-11-15(18)17-10-12-6-4-5-9-16-12/h2-9H,10-11H2,1H3,(H,17,18). The minimum atomic E-state index is -3.30. The molecule has 0 aliphatic rings. The number of hydrogen-bond donors (Lipinski definition) is 1. The molecule has 0 atom stereocenters. The lowest BCUT2D eigenvalue weighted by Crippen LogP contribution is -2.25. The summed E-state index contributed by atoms with van der Waals surface area (Å²) in [6.45, 7) is 0.355. The van der Waals surface area contributed by atoms with Gasteiger partial charge in [0.1, 0.15) is 0 Å². The van der Waals surface area contributed by atoms with Gasteiger partial charge in [-0.1, -0.05) is 18.2 Å². The monoisotopic (exact) mass is 336 g/mol. The van der Waals surface area contributed by atoms with Gasteiger partial charge in [-0.25, -0.2) is 8.42 Å². The maximum atomic E-state index is 11.8. The Hall–Kier alpha value is -1.86. The minimum Gasteiger partial charge on any atom is -0.350 e. The van der Waals surface area contributed by atoms with Crippen LogP contribution in [0.1, 0.15) is 5.69 Å². The highest BCUT2D eigenvalue weighted by Gasteiger charge is 2.14. The van der Waals surface area contributed by atoms with E-state index in [1.807, 2.05) is 18.2 Å². The lowest BCUT2D eigenvalue weighted by Gasteiger charge is -2.08. The molecule has 2 rings (SSSR count). The van der Waals surface area contributed by atoms with Crippen LogP contribution >= 0.6 is 11.8 Å². The van der Waals surface area contributed by atoms with Gasteiger partial charge in [0, 0.05) is 17.3 Å². The molecule has 0 aliphatic heterocycles. The predicted molar refractivity (Wildman–Crippen MR) is 86.4 cm³/mol. The lowest BCUT2D eigenvalue weighted by molar-refractivity contribution is -0.118. The molecule has 0 saturated heterocycles. The zero-order chi connectivity index (χ0) is 16.0. The largest absolute Gasteiger partial charge is 0.350 e. The van der Waals surface area contributed by atoms with Crippen molar-refractivity contribution >= 4 is 27.5 Å². The van der Waals surface area contributed by atoms with Crippen LogP contribution in [0.4, 0.5) is 0 Å². The van der Waals surface area contributed by atoms with Gasteiger partial charge in [-0.05, 0) is 24.3 Å². The van der Waals surface area contributed by atoms with Gasteiger partial charge < -0.3 is 5.32 Å². The highest BCUT2D eigenvalue weighted by molar-refractivity contribution is 8.00. The molecule has 0 bridgehead atoms. The van der Waals surface area contributed by atoms with E-state index in [0.717, 1.165) is 11.9 Å². The minimum absolute atomic E-state index is 0.152. The fraction of sp³-hybridized carbons (Fsp3) is 0.200. The number of amides is 1.